The molecule has 2 aromatic rings. The summed E-state index contributed by atoms with van der Waals surface area (Å²) < 4.78 is 10.4. The number of likely N-dealkylation sites (tertiary alicyclic amines) is 1. The molecule has 0 spiro atoms. The standard InChI is InChI=1S/C23H26N2O5/c1-24(2)13-14-25-20(15-5-9-17(29-3)10-6-15)19(22(27)23(25)28)21(26)16-7-11-18(30-4)12-8-16/h5-12,20,26H,13-14H2,1-4H3/t20-/m1/s1. The highest BCUT2D eigenvalue weighted by Crippen LogP contribution is 2.39. The Morgan fingerprint density at radius 1 is 0.967 bits per heavy atom. The molecule has 0 unspecified atom stereocenters. The Hall–Kier alpha value is -3.32. The maximum atomic E-state index is 12.9. The molecule has 0 aromatic heterocycles. The van der Waals surface area contributed by atoms with Gasteiger partial charge in [-0.25, -0.2) is 0 Å². The number of hydrogen-bond donors (Lipinski definition) is 1. The van der Waals surface area contributed by atoms with Crippen molar-refractivity contribution >= 4 is 17.4 Å². The van der Waals surface area contributed by atoms with E-state index in [1.807, 2.05) is 19.0 Å². The van der Waals surface area contributed by atoms with E-state index in [4.69, 9.17) is 9.47 Å². The molecule has 1 atom stereocenters. The second-order valence-electron chi connectivity index (χ2n) is 7.30. The Labute approximate surface area is 176 Å². The molecule has 30 heavy (non-hydrogen) atoms. The average molecular weight is 410 g/mol. The molecule has 1 fully saturated rings. The molecule has 1 amide bonds. The maximum Gasteiger partial charge on any atom is 0.295 e. The Kier molecular flexibility index (Phi) is 6.42. The molecule has 158 valence electrons. The van der Waals surface area contributed by atoms with Crippen molar-refractivity contribution in [3.05, 3.63) is 65.2 Å². The number of ketones is 1. The van der Waals surface area contributed by atoms with Crippen LogP contribution in [0.3, 0.4) is 0 Å². The van der Waals surface area contributed by atoms with Gasteiger partial charge in [-0.3, -0.25) is 9.59 Å². The minimum absolute atomic E-state index is 0.0779. The number of nitrogens with zero attached hydrogens (tertiary/aromatic N) is 2. The molecule has 1 aliphatic heterocycles. The molecule has 1 N–H and O–H groups in total. The Balaban J connectivity index is 2.11. The highest BCUT2D eigenvalue weighted by atomic mass is 16.5. The molecule has 7 nitrogen and oxygen atoms in total. The summed E-state index contributed by atoms with van der Waals surface area (Å²) >= 11 is 0. The monoisotopic (exact) mass is 410 g/mol. The van der Waals surface area contributed by atoms with Crippen LogP contribution in [-0.2, 0) is 9.59 Å². The zero-order valence-corrected chi connectivity index (χ0v) is 17.6. The van der Waals surface area contributed by atoms with E-state index in [1.165, 1.54) is 4.90 Å². The molecule has 0 bridgehead atoms. The van der Waals surface area contributed by atoms with Crippen molar-refractivity contribution in [1.29, 1.82) is 0 Å². The summed E-state index contributed by atoms with van der Waals surface area (Å²) in [6, 6.07) is 13.2. The molecular weight excluding hydrogens is 384 g/mol. The van der Waals surface area contributed by atoms with Gasteiger partial charge in [-0.05, 0) is 56.1 Å². The maximum absolute atomic E-state index is 12.9. The van der Waals surface area contributed by atoms with Crippen LogP contribution < -0.4 is 9.47 Å². The first-order valence-electron chi connectivity index (χ1n) is 9.59. The van der Waals surface area contributed by atoms with Crippen LogP contribution in [0.5, 0.6) is 11.5 Å². The summed E-state index contributed by atoms with van der Waals surface area (Å²) in [5.41, 5.74) is 1.25. The molecule has 0 radical (unpaired) electrons. The predicted molar refractivity (Wildman–Crippen MR) is 114 cm³/mol. The highest BCUT2D eigenvalue weighted by Gasteiger charge is 2.45. The van der Waals surface area contributed by atoms with Gasteiger partial charge in [0.05, 0.1) is 25.8 Å². The van der Waals surface area contributed by atoms with Crippen molar-refractivity contribution in [1.82, 2.24) is 9.80 Å². The van der Waals surface area contributed by atoms with Crippen molar-refractivity contribution in [2.75, 3.05) is 41.4 Å². The van der Waals surface area contributed by atoms with Crippen LogP contribution in [0, 0.1) is 0 Å². The fraction of sp³-hybridized carbons (Fsp3) is 0.304. The molecule has 3 rings (SSSR count). The number of aliphatic hydroxyl groups is 1. The van der Waals surface area contributed by atoms with Crippen molar-refractivity contribution in [3.8, 4) is 11.5 Å². The smallest absolute Gasteiger partial charge is 0.295 e. The van der Waals surface area contributed by atoms with Gasteiger partial charge >= 0.3 is 0 Å². The van der Waals surface area contributed by atoms with E-state index in [0.717, 1.165) is 5.56 Å². The lowest BCUT2D eigenvalue weighted by Crippen LogP contribution is -2.35. The first-order chi connectivity index (χ1) is 14.4. The van der Waals surface area contributed by atoms with Crippen molar-refractivity contribution < 1.29 is 24.2 Å². The Morgan fingerprint density at radius 2 is 1.50 bits per heavy atom. The number of rotatable bonds is 7. The lowest BCUT2D eigenvalue weighted by atomic mass is 9.95. The van der Waals surface area contributed by atoms with E-state index in [2.05, 4.69) is 0 Å². The lowest BCUT2D eigenvalue weighted by molar-refractivity contribution is -0.140. The Bertz CT molecular complexity index is 949. The number of carbonyl (C=O) groups is 2. The van der Waals surface area contributed by atoms with E-state index in [9.17, 15) is 14.7 Å². The number of methoxy groups -OCH3 is 2. The lowest BCUT2D eigenvalue weighted by Gasteiger charge is -2.26. The topological polar surface area (TPSA) is 79.3 Å². The molecule has 0 saturated carbocycles. The largest absolute Gasteiger partial charge is 0.507 e. The summed E-state index contributed by atoms with van der Waals surface area (Å²) in [6.45, 7) is 0.940. The van der Waals surface area contributed by atoms with Gasteiger partial charge in [0.15, 0.2) is 0 Å². The quantitative estimate of drug-likeness (QED) is 0.430. The molecule has 1 aliphatic rings. The first-order valence-corrected chi connectivity index (χ1v) is 9.59. The molecule has 1 saturated heterocycles. The number of ether oxygens (including phenoxy) is 2. The van der Waals surface area contributed by atoms with Crippen LogP contribution in [0.25, 0.3) is 5.76 Å². The number of likely N-dealkylation sites (N-methyl/N-ethyl adjacent to an activating group) is 1. The first kappa shape index (κ1) is 21.4. The molecule has 2 aromatic carbocycles. The fourth-order valence-electron chi connectivity index (χ4n) is 3.46. The summed E-state index contributed by atoms with van der Waals surface area (Å²) in [7, 11) is 6.92. The SMILES string of the molecule is COc1ccc(C(O)=C2C(=O)C(=O)N(CCN(C)C)[C@@H]2c2ccc(OC)cc2)cc1. The van der Waals surface area contributed by atoms with Crippen LogP contribution in [-0.4, -0.2) is 68.0 Å². The normalized spacial score (nSPS) is 18.2. The number of benzene rings is 2. The summed E-state index contributed by atoms with van der Waals surface area (Å²) in [5, 5.41) is 11.0. The van der Waals surface area contributed by atoms with Crippen molar-refractivity contribution in [3.63, 3.8) is 0 Å². The van der Waals surface area contributed by atoms with E-state index in [-0.39, 0.29) is 11.3 Å². The van der Waals surface area contributed by atoms with Gasteiger partial charge in [0.25, 0.3) is 11.7 Å². The van der Waals surface area contributed by atoms with Gasteiger partial charge < -0.3 is 24.4 Å². The van der Waals surface area contributed by atoms with Crippen molar-refractivity contribution in [2.45, 2.75) is 6.04 Å². The third-order valence-electron chi connectivity index (χ3n) is 5.12. The van der Waals surface area contributed by atoms with Crippen LogP contribution in [0.15, 0.2) is 54.1 Å². The number of amides is 1. The number of carbonyl (C=O) groups excluding carboxylic acids is 2. The second-order valence-corrected chi connectivity index (χ2v) is 7.30. The third-order valence-corrected chi connectivity index (χ3v) is 5.12. The second kappa shape index (κ2) is 9.00. The summed E-state index contributed by atoms with van der Waals surface area (Å²) in [5.74, 6) is -0.219. The minimum atomic E-state index is -0.692. The number of aliphatic hydroxyl groups excluding tert-OH is 1. The Morgan fingerprint density at radius 3 is 2.00 bits per heavy atom. The van der Waals surface area contributed by atoms with Gasteiger partial charge in [-0.1, -0.05) is 12.1 Å². The summed E-state index contributed by atoms with van der Waals surface area (Å²) in [6.07, 6.45) is 0. The highest BCUT2D eigenvalue weighted by molar-refractivity contribution is 6.46. The zero-order valence-electron chi connectivity index (χ0n) is 17.6. The van der Waals surface area contributed by atoms with Gasteiger partial charge in [0.2, 0.25) is 0 Å². The van der Waals surface area contributed by atoms with E-state index < -0.39 is 17.7 Å². The van der Waals surface area contributed by atoms with E-state index in [1.54, 1.807) is 62.8 Å². The van der Waals surface area contributed by atoms with Crippen LogP contribution in [0.1, 0.15) is 17.2 Å². The van der Waals surface area contributed by atoms with E-state index >= 15 is 0 Å². The van der Waals surface area contributed by atoms with E-state index in [0.29, 0.717) is 30.2 Å². The minimum Gasteiger partial charge on any atom is -0.507 e. The van der Waals surface area contributed by atoms with Gasteiger partial charge in [0, 0.05) is 18.7 Å². The summed E-state index contributed by atoms with van der Waals surface area (Å²) in [4.78, 5) is 29.2. The number of Topliss-reactive ketones (excluding diaryl/α,β-unsaturated/α-hetero) is 1. The third kappa shape index (κ3) is 4.16. The van der Waals surface area contributed by atoms with Crippen LogP contribution in [0.2, 0.25) is 0 Å². The van der Waals surface area contributed by atoms with Crippen molar-refractivity contribution in [2.24, 2.45) is 0 Å². The molecular formula is C23H26N2O5. The van der Waals surface area contributed by atoms with Gasteiger partial charge in [-0.15, -0.1) is 0 Å². The molecule has 1 heterocycles. The number of hydrogen-bond acceptors (Lipinski definition) is 6. The van der Waals surface area contributed by atoms with Gasteiger partial charge in [0.1, 0.15) is 17.3 Å². The fourth-order valence-corrected chi connectivity index (χ4v) is 3.46. The van der Waals surface area contributed by atoms with Crippen LogP contribution in [0.4, 0.5) is 0 Å². The van der Waals surface area contributed by atoms with Crippen LogP contribution >= 0.6 is 0 Å². The molecule has 0 aliphatic carbocycles. The van der Waals surface area contributed by atoms with Gasteiger partial charge in [-0.2, -0.15) is 0 Å². The molecule has 7 heteroatoms. The average Bonchev–Trinajstić information content (AvgIpc) is 3.02. The zero-order chi connectivity index (χ0) is 21.8. The predicted octanol–water partition coefficient (Wildman–Crippen LogP) is 2.69.